The summed E-state index contributed by atoms with van der Waals surface area (Å²) < 4.78 is 5.53. The van der Waals surface area contributed by atoms with E-state index in [4.69, 9.17) is 4.74 Å². The first-order valence-corrected chi connectivity index (χ1v) is 6.09. The van der Waals surface area contributed by atoms with E-state index >= 15 is 0 Å². The van der Waals surface area contributed by atoms with Crippen molar-refractivity contribution in [2.75, 3.05) is 33.8 Å². The summed E-state index contributed by atoms with van der Waals surface area (Å²) in [6, 6.07) is 0.0748. The zero-order valence-corrected chi connectivity index (χ0v) is 10.9. The number of amides is 1. The average molecular weight is 228 g/mol. The number of likely N-dealkylation sites (N-methyl/N-ethyl adjacent to an activating group) is 1. The third kappa shape index (κ3) is 3.76. The van der Waals surface area contributed by atoms with Gasteiger partial charge in [0.05, 0.1) is 18.8 Å². The van der Waals surface area contributed by atoms with Crippen LogP contribution in [0.3, 0.4) is 0 Å². The predicted octanol–water partition coefficient (Wildman–Crippen LogP) is 0.964. The lowest BCUT2D eigenvalue weighted by Crippen LogP contribution is -2.43. The Kier molecular flexibility index (Phi) is 5.22. The maximum atomic E-state index is 11.9. The van der Waals surface area contributed by atoms with E-state index in [2.05, 4.69) is 4.90 Å². The Morgan fingerprint density at radius 2 is 2.19 bits per heavy atom. The summed E-state index contributed by atoms with van der Waals surface area (Å²) in [6.45, 7) is 6.67. The summed E-state index contributed by atoms with van der Waals surface area (Å²) in [5.74, 6) is 0.224. The fourth-order valence-corrected chi connectivity index (χ4v) is 2.08. The molecule has 1 amide bonds. The van der Waals surface area contributed by atoms with E-state index in [1.807, 2.05) is 27.9 Å². The highest BCUT2D eigenvalue weighted by Crippen LogP contribution is 2.18. The molecular weight excluding hydrogens is 204 g/mol. The van der Waals surface area contributed by atoms with E-state index in [1.165, 1.54) is 0 Å². The lowest BCUT2D eigenvalue weighted by molar-refractivity contribution is -0.133. The minimum Gasteiger partial charge on any atom is -0.377 e. The molecule has 1 atom stereocenters. The van der Waals surface area contributed by atoms with Gasteiger partial charge >= 0.3 is 0 Å². The van der Waals surface area contributed by atoms with Crippen molar-refractivity contribution in [3.8, 4) is 0 Å². The van der Waals surface area contributed by atoms with E-state index in [0.717, 1.165) is 32.5 Å². The Morgan fingerprint density at radius 3 is 2.75 bits per heavy atom. The van der Waals surface area contributed by atoms with Crippen LogP contribution in [-0.2, 0) is 9.53 Å². The van der Waals surface area contributed by atoms with Gasteiger partial charge in [0.25, 0.3) is 0 Å². The molecule has 0 bridgehead atoms. The Labute approximate surface area is 98.5 Å². The van der Waals surface area contributed by atoms with Crippen molar-refractivity contribution in [1.29, 1.82) is 0 Å². The number of hydrogen-bond acceptors (Lipinski definition) is 3. The Bertz CT molecular complexity index is 229. The number of carbonyl (C=O) groups is 1. The molecule has 4 heteroatoms. The molecule has 0 saturated carbocycles. The lowest BCUT2D eigenvalue weighted by Gasteiger charge is -2.26. The summed E-state index contributed by atoms with van der Waals surface area (Å²) in [7, 11) is 3.65. The van der Waals surface area contributed by atoms with Crippen LogP contribution in [0.15, 0.2) is 0 Å². The molecule has 1 aliphatic heterocycles. The normalized spacial score (nSPS) is 21.7. The van der Waals surface area contributed by atoms with Gasteiger partial charge in [0.15, 0.2) is 0 Å². The predicted molar refractivity (Wildman–Crippen MR) is 64.4 cm³/mol. The molecule has 0 N–H and O–H groups in total. The van der Waals surface area contributed by atoms with Gasteiger partial charge in [-0.05, 0) is 33.2 Å². The first-order valence-electron chi connectivity index (χ1n) is 6.09. The molecule has 94 valence electrons. The topological polar surface area (TPSA) is 32.8 Å². The van der Waals surface area contributed by atoms with Gasteiger partial charge in [-0.3, -0.25) is 9.69 Å². The average Bonchev–Trinajstić information content (AvgIpc) is 2.64. The highest BCUT2D eigenvalue weighted by Gasteiger charge is 2.31. The first kappa shape index (κ1) is 13.5. The van der Waals surface area contributed by atoms with Crippen molar-refractivity contribution >= 4 is 5.91 Å². The van der Waals surface area contributed by atoms with Gasteiger partial charge in [0.1, 0.15) is 0 Å². The highest BCUT2D eigenvalue weighted by molar-refractivity contribution is 5.81. The SMILES string of the molecule is CC(C)OCCN1CCCC1C(=O)N(C)C. The van der Waals surface area contributed by atoms with Crippen molar-refractivity contribution in [2.45, 2.75) is 38.8 Å². The summed E-state index contributed by atoms with van der Waals surface area (Å²) in [5.41, 5.74) is 0. The molecule has 1 unspecified atom stereocenters. The Balaban J connectivity index is 2.37. The van der Waals surface area contributed by atoms with Gasteiger partial charge < -0.3 is 9.64 Å². The number of carbonyl (C=O) groups excluding carboxylic acids is 1. The Hall–Kier alpha value is -0.610. The molecule has 0 radical (unpaired) electrons. The van der Waals surface area contributed by atoms with Crippen molar-refractivity contribution in [1.82, 2.24) is 9.80 Å². The van der Waals surface area contributed by atoms with E-state index in [9.17, 15) is 4.79 Å². The number of nitrogens with zero attached hydrogens (tertiary/aromatic N) is 2. The lowest BCUT2D eigenvalue weighted by atomic mass is 10.2. The molecule has 0 aliphatic carbocycles. The van der Waals surface area contributed by atoms with Crippen LogP contribution < -0.4 is 0 Å². The first-order chi connectivity index (χ1) is 7.52. The van der Waals surface area contributed by atoms with Crippen LogP contribution >= 0.6 is 0 Å². The quantitative estimate of drug-likeness (QED) is 0.703. The molecule has 1 aliphatic rings. The van der Waals surface area contributed by atoms with Crippen LogP contribution in [0.5, 0.6) is 0 Å². The second-order valence-corrected chi connectivity index (χ2v) is 4.85. The van der Waals surface area contributed by atoms with Crippen LogP contribution in [0, 0.1) is 0 Å². The summed E-state index contributed by atoms with van der Waals surface area (Å²) in [5, 5.41) is 0. The zero-order valence-electron chi connectivity index (χ0n) is 10.9. The van der Waals surface area contributed by atoms with Crippen molar-refractivity contribution in [3.05, 3.63) is 0 Å². The van der Waals surface area contributed by atoms with Gasteiger partial charge in [-0.1, -0.05) is 0 Å². The minimum atomic E-state index is 0.0748. The Morgan fingerprint density at radius 1 is 1.50 bits per heavy atom. The van der Waals surface area contributed by atoms with Crippen LogP contribution in [0.1, 0.15) is 26.7 Å². The largest absolute Gasteiger partial charge is 0.377 e. The highest BCUT2D eigenvalue weighted by atomic mass is 16.5. The second kappa shape index (κ2) is 6.21. The molecule has 0 aromatic carbocycles. The third-order valence-electron chi connectivity index (χ3n) is 2.92. The second-order valence-electron chi connectivity index (χ2n) is 4.85. The monoisotopic (exact) mass is 228 g/mol. The maximum absolute atomic E-state index is 11.9. The smallest absolute Gasteiger partial charge is 0.239 e. The van der Waals surface area contributed by atoms with E-state index in [-0.39, 0.29) is 18.1 Å². The molecule has 1 fully saturated rings. The standard InChI is InChI=1S/C12H24N2O2/c1-10(2)16-9-8-14-7-5-6-11(14)12(15)13(3)4/h10-11H,5-9H2,1-4H3. The summed E-state index contributed by atoms with van der Waals surface area (Å²) in [4.78, 5) is 15.8. The van der Waals surface area contributed by atoms with Gasteiger partial charge in [-0.15, -0.1) is 0 Å². The number of ether oxygens (including phenoxy) is 1. The van der Waals surface area contributed by atoms with Gasteiger partial charge in [0.2, 0.25) is 5.91 Å². The van der Waals surface area contributed by atoms with Crippen molar-refractivity contribution in [2.24, 2.45) is 0 Å². The minimum absolute atomic E-state index is 0.0748. The van der Waals surface area contributed by atoms with Crippen molar-refractivity contribution in [3.63, 3.8) is 0 Å². The molecule has 4 nitrogen and oxygen atoms in total. The van der Waals surface area contributed by atoms with Crippen LogP contribution in [0.25, 0.3) is 0 Å². The zero-order chi connectivity index (χ0) is 12.1. The molecule has 0 aromatic rings. The van der Waals surface area contributed by atoms with Crippen LogP contribution in [0.2, 0.25) is 0 Å². The molecule has 1 saturated heterocycles. The van der Waals surface area contributed by atoms with Crippen LogP contribution in [0.4, 0.5) is 0 Å². The summed E-state index contributed by atoms with van der Waals surface area (Å²) >= 11 is 0. The molecule has 16 heavy (non-hydrogen) atoms. The van der Waals surface area contributed by atoms with Gasteiger partial charge in [-0.2, -0.15) is 0 Å². The van der Waals surface area contributed by atoms with Gasteiger partial charge in [-0.25, -0.2) is 0 Å². The molecular formula is C12H24N2O2. The number of likely N-dealkylation sites (tertiary alicyclic amines) is 1. The molecule has 0 spiro atoms. The fraction of sp³-hybridized carbons (Fsp3) is 0.917. The molecule has 1 rings (SSSR count). The third-order valence-corrected chi connectivity index (χ3v) is 2.92. The maximum Gasteiger partial charge on any atom is 0.239 e. The van der Waals surface area contributed by atoms with Crippen molar-refractivity contribution < 1.29 is 9.53 Å². The van der Waals surface area contributed by atoms with E-state index in [1.54, 1.807) is 4.90 Å². The van der Waals surface area contributed by atoms with E-state index in [0.29, 0.717) is 0 Å². The van der Waals surface area contributed by atoms with E-state index < -0.39 is 0 Å². The number of hydrogen-bond donors (Lipinski definition) is 0. The van der Waals surface area contributed by atoms with Crippen LogP contribution in [-0.4, -0.2) is 61.6 Å². The summed E-state index contributed by atoms with van der Waals surface area (Å²) in [6.07, 6.45) is 2.37. The number of rotatable bonds is 5. The molecule has 1 heterocycles. The molecule has 0 aromatic heterocycles. The fourth-order valence-electron chi connectivity index (χ4n) is 2.08. The van der Waals surface area contributed by atoms with Gasteiger partial charge in [0, 0.05) is 20.6 Å².